The number of carbonyl (C=O) groups excluding carboxylic acids is 2. The van der Waals surface area contributed by atoms with Crippen LogP contribution in [-0.4, -0.2) is 82.2 Å². The van der Waals surface area contributed by atoms with E-state index in [1.165, 1.54) is 45.6 Å². The number of carbonyl (C=O) groups is 2. The van der Waals surface area contributed by atoms with Gasteiger partial charge in [-0.25, -0.2) is 4.39 Å². The molecule has 32 heavy (non-hydrogen) atoms. The van der Waals surface area contributed by atoms with Crippen LogP contribution in [0.4, 0.5) is 4.39 Å². The maximum atomic E-state index is 13.0. The molecule has 2 aromatic rings. The fourth-order valence-electron chi connectivity index (χ4n) is 3.59. The van der Waals surface area contributed by atoms with E-state index < -0.39 is 0 Å². The zero-order valence-electron chi connectivity index (χ0n) is 18.5. The summed E-state index contributed by atoms with van der Waals surface area (Å²) in [7, 11) is 4.54. The molecule has 0 radical (unpaired) electrons. The summed E-state index contributed by atoms with van der Waals surface area (Å²) < 4.78 is 29.0. The largest absolute Gasteiger partial charge is 0.493 e. The molecule has 0 aromatic heterocycles. The molecule has 2 aromatic carbocycles. The quantitative estimate of drug-likeness (QED) is 0.670. The van der Waals surface area contributed by atoms with Crippen LogP contribution in [0.1, 0.15) is 20.7 Å². The summed E-state index contributed by atoms with van der Waals surface area (Å²) in [6, 6.07) is 8.75. The number of ether oxygens (including phenoxy) is 3. The van der Waals surface area contributed by atoms with Crippen molar-refractivity contribution in [3.05, 3.63) is 53.3 Å². The monoisotopic (exact) mass is 445 g/mol. The molecule has 0 saturated carbocycles. The molecule has 3 rings (SSSR count). The van der Waals surface area contributed by atoms with Crippen molar-refractivity contribution >= 4 is 11.8 Å². The highest BCUT2D eigenvalue weighted by atomic mass is 19.1. The van der Waals surface area contributed by atoms with Gasteiger partial charge in [0.1, 0.15) is 5.82 Å². The van der Waals surface area contributed by atoms with Gasteiger partial charge < -0.3 is 24.4 Å². The van der Waals surface area contributed by atoms with Gasteiger partial charge in [-0.05, 0) is 36.4 Å². The normalized spacial score (nSPS) is 14.1. The Bertz CT molecular complexity index is 918. The molecular weight excluding hydrogens is 417 g/mol. The number of hydrogen-bond acceptors (Lipinski definition) is 6. The minimum absolute atomic E-state index is 0.103. The van der Waals surface area contributed by atoms with E-state index in [9.17, 15) is 14.0 Å². The lowest BCUT2D eigenvalue weighted by atomic mass is 10.1. The van der Waals surface area contributed by atoms with E-state index in [1.54, 1.807) is 17.0 Å². The Kier molecular flexibility index (Phi) is 7.88. The third-order valence-electron chi connectivity index (χ3n) is 5.39. The van der Waals surface area contributed by atoms with Crippen LogP contribution in [0, 0.1) is 5.82 Å². The van der Waals surface area contributed by atoms with Crippen LogP contribution < -0.4 is 19.5 Å². The summed E-state index contributed by atoms with van der Waals surface area (Å²) in [6.45, 7) is 3.67. The van der Waals surface area contributed by atoms with Gasteiger partial charge in [0.15, 0.2) is 11.5 Å². The maximum absolute atomic E-state index is 13.0. The first kappa shape index (κ1) is 23.3. The van der Waals surface area contributed by atoms with E-state index in [2.05, 4.69) is 10.2 Å². The third kappa shape index (κ3) is 5.47. The van der Waals surface area contributed by atoms with Gasteiger partial charge in [-0.1, -0.05) is 0 Å². The second-order valence-corrected chi connectivity index (χ2v) is 7.31. The fraction of sp³-hybridized carbons (Fsp3) is 0.391. The molecule has 0 aliphatic carbocycles. The predicted octanol–water partition coefficient (Wildman–Crippen LogP) is 2.04. The summed E-state index contributed by atoms with van der Waals surface area (Å²) in [5.74, 6) is 0.603. The predicted molar refractivity (Wildman–Crippen MR) is 117 cm³/mol. The van der Waals surface area contributed by atoms with Crippen LogP contribution in [0.15, 0.2) is 36.4 Å². The Morgan fingerprint density at radius 1 is 0.906 bits per heavy atom. The van der Waals surface area contributed by atoms with Crippen LogP contribution in [0.2, 0.25) is 0 Å². The Balaban J connectivity index is 1.50. The van der Waals surface area contributed by atoms with Gasteiger partial charge in [-0.3, -0.25) is 14.5 Å². The molecule has 8 nitrogen and oxygen atoms in total. The van der Waals surface area contributed by atoms with Crippen molar-refractivity contribution < 1.29 is 28.2 Å². The lowest BCUT2D eigenvalue weighted by Gasteiger charge is -2.34. The molecule has 0 unspecified atom stereocenters. The Morgan fingerprint density at radius 2 is 1.50 bits per heavy atom. The van der Waals surface area contributed by atoms with Gasteiger partial charge in [0.2, 0.25) is 5.75 Å². The Hall–Kier alpha value is -3.33. The highest BCUT2D eigenvalue weighted by molar-refractivity contribution is 5.96. The topological polar surface area (TPSA) is 80.3 Å². The zero-order valence-corrected chi connectivity index (χ0v) is 18.5. The smallest absolute Gasteiger partial charge is 0.254 e. The number of nitrogens with one attached hydrogen (secondary N) is 1. The molecule has 1 heterocycles. The van der Waals surface area contributed by atoms with Crippen molar-refractivity contribution in [1.29, 1.82) is 0 Å². The van der Waals surface area contributed by atoms with Crippen LogP contribution in [-0.2, 0) is 0 Å². The third-order valence-corrected chi connectivity index (χ3v) is 5.39. The summed E-state index contributed by atoms with van der Waals surface area (Å²) >= 11 is 0. The first-order valence-electron chi connectivity index (χ1n) is 10.3. The van der Waals surface area contributed by atoms with Gasteiger partial charge in [0, 0.05) is 50.4 Å². The molecular formula is C23H28FN3O5. The minimum Gasteiger partial charge on any atom is -0.493 e. The van der Waals surface area contributed by atoms with Crippen LogP contribution in [0.5, 0.6) is 17.2 Å². The van der Waals surface area contributed by atoms with Crippen LogP contribution >= 0.6 is 0 Å². The van der Waals surface area contributed by atoms with Crippen molar-refractivity contribution in [3.8, 4) is 17.2 Å². The molecule has 1 N–H and O–H groups in total. The first-order chi connectivity index (χ1) is 15.5. The van der Waals surface area contributed by atoms with Gasteiger partial charge >= 0.3 is 0 Å². The highest BCUT2D eigenvalue weighted by Gasteiger charge is 2.24. The average molecular weight is 445 g/mol. The number of halogens is 1. The number of hydrogen-bond donors (Lipinski definition) is 1. The number of rotatable bonds is 8. The summed E-state index contributed by atoms with van der Waals surface area (Å²) in [4.78, 5) is 29.1. The molecule has 2 amide bonds. The van der Waals surface area contributed by atoms with E-state index in [1.807, 2.05) is 0 Å². The van der Waals surface area contributed by atoms with E-state index in [0.29, 0.717) is 67.6 Å². The van der Waals surface area contributed by atoms with E-state index in [-0.39, 0.29) is 17.6 Å². The minimum atomic E-state index is -0.375. The molecule has 1 aliphatic heterocycles. The lowest BCUT2D eigenvalue weighted by molar-refractivity contribution is 0.0637. The molecule has 172 valence electrons. The van der Waals surface area contributed by atoms with Crippen molar-refractivity contribution in [2.75, 3.05) is 60.6 Å². The molecule has 1 saturated heterocycles. The fourth-order valence-corrected chi connectivity index (χ4v) is 3.59. The second kappa shape index (κ2) is 10.8. The van der Waals surface area contributed by atoms with Crippen molar-refractivity contribution in [2.45, 2.75) is 0 Å². The standard InChI is InChI=1S/C23H28FN3O5/c1-30-19-14-17(15-20(31-2)21(19)32-3)23(29)27-12-10-26(11-13-27)9-8-25-22(28)16-4-6-18(24)7-5-16/h4-7,14-15H,8-13H2,1-3H3,(H,25,28). The highest BCUT2D eigenvalue weighted by Crippen LogP contribution is 2.38. The van der Waals surface area contributed by atoms with E-state index in [0.717, 1.165) is 0 Å². The molecule has 1 aliphatic rings. The average Bonchev–Trinajstić information content (AvgIpc) is 2.83. The van der Waals surface area contributed by atoms with Gasteiger partial charge in [0.25, 0.3) is 11.8 Å². The van der Waals surface area contributed by atoms with Gasteiger partial charge in [0.05, 0.1) is 21.3 Å². The lowest BCUT2D eigenvalue weighted by Crippen LogP contribution is -2.50. The molecule has 0 bridgehead atoms. The summed E-state index contributed by atoms with van der Waals surface area (Å²) in [5, 5.41) is 2.84. The maximum Gasteiger partial charge on any atom is 0.254 e. The number of methoxy groups -OCH3 is 3. The van der Waals surface area contributed by atoms with Crippen molar-refractivity contribution in [3.63, 3.8) is 0 Å². The number of amides is 2. The van der Waals surface area contributed by atoms with Crippen molar-refractivity contribution in [2.24, 2.45) is 0 Å². The van der Waals surface area contributed by atoms with Gasteiger partial charge in [-0.15, -0.1) is 0 Å². The Labute approximate surface area is 186 Å². The second-order valence-electron chi connectivity index (χ2n) is 7.31. The SMILES string of the molecule is COc1cc(C(=O)N2CCN(CCNC(=O)c3ccc(F)cc3)CC2)cc(OC)c1OC. The first-order valence-corrected chi connectivity index (χ1v) is 10.3. The summed E-state index contributed by atoms with van der Waals surface area (Å²) in [6.07, 6.45) is 0. The van der Waals surface area contributed by atoms with Gasteiger partial charge in [-0.2, -0.15) is 0 Å². The number of nitrogens with zero attached hydrogens (tertiary/aromatic N) is 2. The number of benzene rings is 2. The Morgan fingerprint density at radius 3 is 2.03 bits per heavy atom. The molecule has 0 spiro atoms. The summed E-state index contributed by atoms with van der Waals surface area (Å²) in [5.41, 5.74) is 0.895. The molecule has 0 atom stereocenters. The molecule has 1 fully saturated rings. The van der Waals surface area contributed by atoms with Crippen LogP contribution in [0.3, 0.4) is 0 Å². The zero-order chi connectivity index (χ0) is 23.1. The van der Waals surface area contributed by atoms with E-state index >= 15 is 0 Å². The molecule has 9 heteroatoms. The number of piperazine rings is 1. The van der Waals surface area contributed by atoms with E-state index in [4.69, 9.17) is 14.2 Å². The van der Waals surface area contributed by atoms with Crippen LogP contribution in [0.25, 0.3) is 0 Å². The van der Waals surface area contributed by atoms with Crippen molar-refractivity contribution in [1.82, 2.24) is 15.1 Å².